The number of nitrogens with zero attached hydrogens (tertiary/aromatic N) is 1. The highest BCUT2D eigenvalue weighted by molar-refractivity contribution is 9.10. The molecule has 1 aromatic carbocycles. The Bertz CT molecular complexity index is 565. The van der Waals surface area contributed by atoms with Gasteiger partial charge in [-0.15, -0.1) is 11.3 Å². The molecule has 0 saturated heterocycles. The van der Waals surface area contributed by atoms with Crippen LogP contribution < -0.4 is 10.6 Å². The van der Waals surface area contributed by atoms with Gasteiger partial charge in [0.1, 0.15) is 0 Å². The van der Waals surface area contributed by atoms with Gasteiger partial charge in [0.2, 0.25) is 0 Å². The van der Waals surface area contributed by atoms with Crippen molar-refractivity contribution in [2.24, 2.45) is 0 Å². The van der Waals surface area contributed by atoms with Crippen molar-refractivity contribution in [2.45, 2.75) is 19.4 Å². The first-order valence-corrected chi connectivity index (χ1v) is 7.77. The van der Waals surface area contributed by atoms with Crippen molar-refractivity contribution in [3.63, 3.8) is 0 Å². The minimum Gasteiger partial charge on any atom is -0.398 e. The van der Waals surface area contributed by atoms with E-state index in [1.54, 1.807) is 11.3 Å². The van der Waals surface area contributed by atoms with Crippen LogP contribution in [0.25, 0.3) is 0 Å². The van der Waals surface area contributed by atoms with E-state index in [2.05, 4.69) is 44.4 Å². The summed E-state index contributed by atoms with van der Waals surface area (Å²) in [5.74, 6) is 0. The quantitative estimate of drug-likeness (QED) is 0.845. The molecule has 2 N–H and O–H groups in total. The number of thiophene rings is 1. The Hall–Kier alpha value is -1.00. The first-order valence-electron chi connectivity index (χ1n) is 6.10. The number of benzene rings is 1. The molecule has 0 amide bonds. The fourth-order valence-electron chi connectivity index (χ4n) is 2.50. The SMILES string of the molecule is Nc1cccc2c1CCCN2Cc1sccc1Br. The normalized spacial score (nSPS) is 14.6. The van der Waals surface area contributed by atoms with Crippen LogP contribution in [0.4, 0.5) is 11.4 Å². The Balaban J connectivity index is 1.92. The first-order chi connectivity index (χ1) is 8.75. The van der Waals surface area contributed by atoms with Crippen molar-refractivity contribution in [3.8, 4) is 0 Å². The van der Waals surface area contributed by atoms with Crippen molar-refractivity contribution in [3.05, 3.63) is 44.6 Å². The smallest absolute Gasteiger partial charge is 0.0534 e. The van der Waals surface area contributed by atoms with Crippen LogP contribution in [0.1, 0.15) is 16.9 Å². The van der Waals surface area contributed by atoms with E-state index in [1.807, 2.05) is 6.07 Å². The molecular weight excluding hydrogens is 308 g/mol. The van der Waals surface area contributed by atoms with E-state index in [0.29, 0.717) is 0 Å². The summed E-state index contributed by atoms with van der Waals surface area (Å²) in [4.78, 5) is 3.82. The maximum atomic E-state index is 6.07. The van der Waals surface area contributed by atoms with Crippen molar-refractivity contribution >= 4 is 38.6 Å². The number of fused-ring (bicyclic) bond motifs is 1. The standard InChI is InChI=1S/C14H15BrN2S/c15-11-6-8-18-14(11)9-17-7-2-3-10-12(16)4-1-5-13(10)17/h1,4-6,8H,2-3,7,9,16H2. The second-order valence-corrected chi connectivity index (χ2v) is 6.42. The lowest BCUT2D eigenvalue weighted by molar-refractivity contribution is 0.695. The third-order valence-electron chi connectivity index (χ3n) is 3.41. The number of halogens is 1. The number of hydrogen-bond acceptors (Lipinski definition) is 3. The lowest BCUT2D eigenvalue weighted by Gasteiger charge is -2.31. The summed E-state index contributed by atoms with van der Waals surface area (Å²) in [6, 6.07) is 8.36. The van der Waals surface area contributed by atoms with Crippen LogP contribution >= 0.6 is 27.3 Å². The zero-order chi connectivity index (χ0) is 12.5. The van der Waals surface area contributed by atoms with Crippen LogP contribution in [0.15, 0.2) is 34.1 Å². The molecule has 2 nitrogen and oxygen atoms in total. The molecular formula is C14H15BrN2S. The van der Waals surface area contributed by atoms with E-state index in [4.69, 9.17) is 5.73 Å². The molecule has 0 aliphatic carbocycles. The third kappa shape index (κ3) is 2.15. The van der Waals surface area contributed by atoms with Crippen LogP contribution in [0.2, 0.25) is 0 Å². The summed E-state index contributed by atoms with van der Waals surface area (Å²) < 4.78 is 1.21. The van der Waals surface area contributed by atoms with E-state index in [0.717, 1.165) is 25.2 Å². The molecule has 0 atom stereocenters. The van der Waals surface area contributed by atoms with Gasteiger partial charge in [-0.1, -0.05) is 6.07 Å². The van der Waals surface area contributed by atoms with Crippen LogP contribution in [-0.4, -0.2) is 6.54 Å². The maximum absolute atomic E-state index is 6.07. The molecule has 0 radical (unpaired) electrons. The predicted octanol–water partition coefficient (Wildman–Crippen LogP) is 4.05. The highest BCUT2D eigenvalue weighted by atomic mass is 79.9. The molecule has 4 heteroatoms. The molecule has 1 aromatic heterocycles. The molecule has 94 valence electrons. The van der Waals surface area contributed by atoms with Crippen LogP contribution in [-0.2, 0) is 13.0 Å². The fraction of sp³-hybridized carbons (Fsp3) is 0.286. The van der Waals surface area contributed by atoms with Gasteiger partial charge in [-0.05, 0) is 57.9 Å². The molecule has 0 unspecified atom stereocenters. The highest BCUT2D eigenvalue weighted by Crippen LogP contribution is 2.34. The van der Waals surface area contributed by atoms with Crippen LogP contribution in [0.5, 0.6) is 0 Å². The summed E-state index contributed by atoms with van der Waals surface area (Å²) >= 11 is 5.41. The number of rotatable bonds is 2. The lowest BCUT2D eigenvalue weighted by atomic mass is 10.00. The zero-order valence-corrected chi connectivity index (χ0v) is 12.4. The molecule has 1 aliphatic heterocycles. The molecule has 0 fully saturated rings. The van der Waals surface area contributed by atoms with Gasteiger partial charge in [-0.2, -0.15) is 0 Å². The van der Waals surface area contributed by atoms with E-state index < -0.39 is 0 Å². The Kier molecular flexibility index (Phi) is 3.31. The molecule has 3 rings (SSSR count). The van der Waals surface area contributed by atoms with Gasteiger partial charge in [-0.25, -0.2) is 0 Å². The van der Waals surface area contributed by atoms with Crippen molar-refractivity contribution in [2.75, 3.05) is 17.2 Å². The molecule has 0 spiro atoms. The third-order valence-corrected chi connectivity index (χ3v) is 5.32. The molecule has 2 heterocycles. The first kappa shape index (κ1) is 12.1. The van der Waals surface area contributed by atoms with Crippen molar-refractivity contribution in [1.29, 1.82) is 0 Å². The van der Waals surface area contributed by atoms with Crippen molar-refractivity contribution in [1.82, 2.24) is 0 Å². The molecule has 1 aliphatic rings. The van der Waals surface area contributed by atoms with Gasteiger partial charge in [-0.3, -0.25) is 0 Å². The highest BCUT2D eigenvalue weighted by Gasteiger charge is 2.19. The van der Waals surface area contributed by atoms with Crippen LogP contribution in [0, 0.1) is 0 Å². The second kappa shape index (κ2) is 4.94. The lowest BCUT2D eigenvalue weighted by Crippen LogP contribution is -2.29. The van der Waals surface area contributed by atoms with Crippen molar-refractivity contribution < 1.29 is 0 Å². The van der Waals surface area contributed by atoms with E-state index in [1.165, 1.54) is 27.0 Å². The Morgan fingerprint density at radius 2 is 2.22 bits per heavy atom. The second-order valence-electron chi connectivity index (χ2n) is 4.56. The topological polar surface area (TPSA) is 29.3 Å². The monoisotopic (exact) mass is 322 g/mol. The Morgan fingerprint density at radius 3 is 3.00 bits per heavy atom. The predicted molar refractivity (Wildman–Crippen MR) is 82.2 cm³/mol. The fourth-order valence-corrected chi connectivity index (χ4v) is 4.00. The number of nitrogen functional groups attached to an aromatic ring is 1. The molecule has 2 aromatic rings. The zero-order valence-electron chi connectivity index (χ0n) is 10.0. The summed E-state index contributed by atoms with van der Waals surface area (Å²) in [5.41, 5.74) is 9.63. The molecule has 18 heavy (non-hydrogen) atoms. The Morgan fingerprint density at radius 1 is 1.33 bits per heavy atom. The Labute approximate surface area is 120 Å². The average Bonchev–Trinajstić information content (AvgIpc) is 2.77. The van der Waals surface area contributed by atoms with Gasteiger partial charge in [0.15, 0.2) is 0 Å². The molecule has 0 saturated carbocycles. The van der Waals surface area contributed by atoms with Gasteiger partial charge in [0.25, 0.3) is 0 Å². The average molecular weight is 323 g/mol. The minimum absolute atomic E-state index is 0.933. The number of nitrogens with two attached hydrogens (primary N) is 1. The van der Waals surface area contributed by atoms with Gasteiger partial charge < -0.3 is 10.6 Å². The van der Waals surface area contributed by atoms with Crippen LogP contribution in [0.3, 0.4) is 0 Å². The number of hydrogen-bond donors (Lipinski definition) is 1. The summed E-state index contributed by atoms with van der Waals surface area (Å²) in [7, 11) is 0. The molecule has 0 bridgehead atoms. The maximum Gasteiger partial charge on any atom is 0.0534 e. The largest absolute Gasteiger partial charge is 0.398 e. The summed E-state index contributed by atoms with van der Waals surface area (Å²) in [6.07, 6.45) is 2.29. The van der Waals surface area contributed by atoms with Gasteiger partial charge in [0, 0.05) is 27.3 Å². The number of anilines is 2. The summed E-state index contributed by atoms with van der Waals surface area (Å²) in [5, 5.41) is 2.13. The summed E-state index contributed by atoms with van der Waals surface area (Å²) in [6.45, 7) is 2.08. The van der Waals surface area contributed by atoms with E-state index in [-0.39, 0.29) is 0 Å². The minimum atomic E-state index is 0.933. The van der Waals surface area contributed by atoms with Gasteiger partial charge in [0.05, 0.1) is 6.54 Å². The van der Waals surface area contributed by atoms with E-state index in [9.17, 15) is 0 Å². The van der Waals surface area contributed by atoms with Gasteiger partial charge >= 0.3 is 0 Å². The van der Waals surface area contributed by atoms with E-state index >= 15 is 0 Å².